The lowest BCUT2D eigenvalue weighted by molar-refractivity contribution is -0.146. The number of Topliss-reactive ketones (excluding diaryl/α,β-unsaturated/α-hetero) is 1. The molecule has 1 aliphatic rings. The van der Waals surface area contributed by atoms with Crippen LogP contribution in [-0.4, -0.2) is 16.7 Å². The number of hydrogen-bond donors (Lipinski definition) is 1. The van der Waals surface area contributed by atoms with E-state index in [0.717, 1.165) is 52.3 Å². The smallest absolute Gasteiger partial charge is 0.306 e. The highest BCUT2D eigenvalue weighted by Crippen LogP contribution is 2.43. The van der Waals surface area contributed by atoms with Crippen molar-refractivity contribution < 1.29 is 14.3 Å². The summed E-state index contributed by atoms with van der Waals surface area (Å²) >= 11 is 3.71. The van der Waals surface area contributed by atoms with Crippen LogP contribution in [0, 0.1) is 5.92 Å². The summed E-state index contributed by atoms with van der Waals surface area (Å²) in [7, 11) is 0. The average molecular weight is 482 g/mol. The lowest BCUT2D eigenvalue weighted by atomic mass is 9.76. The average Bonchev–Trinajstić information content (AvgIpc) is 3.12. The summed E-state index contributed by atoms with van der Waals surface area (Å²) in [6.45, 7) is 2.22. The number of H-pyrrole nitrogens is 1. The molecule has 2 atom stereocenters. The number of aromatic amines is 1. The fraction of sp³-hybridized carbons (Fsp3) is 0.385. The highest BCUT2D eigenvalue weighted by molar-refractivity contribution is 9.10. The van der Waals surface area contributed by atoms with E-state index in [-0.39, 0.29) is 11.8 Å². The molecule has 5 heteroatoms. The van der Waals surface area contributed by atoms with E-state index in [9.17, 15) is 9.59 Å². The van der Waals surface area contributed by atoms with Gasteiger partial charge in [-0.2, -0.15) is 0 Å². The van der Waals surface area contributed by atoms with Gasteiger partial charge in [-0.15, -0.1) is 0 Å². The molecule has 1 fully saturated rings. The van der Waals surface area contributed by atoms with Crippen LogP contribution >= 0.6 is 15.9 Å². The van der Waals surface area contributed by atoms with Gasteiger partial charge in [-0.25, -0.2) is 0 Å². The molecule has 0 saturated heterocycles. The van der Waals surface area contributed by atoms with Crippen molar-refractivity contribution >= 4 is 38.6 Å². The molecule has 3 aromatic rings. The first-order valence-electron chi connectivity index (χ1n) is 11.1. The molecule has 162 valence electrons. The van der Waals surface area contributed by atoms with E-state index >= 15 is 0 Å². The molecule has 1 saturated carbocycles. The van der Waals surface area contributed by atoms with Gasteiger partial charge >= 0.3 is 5.97 Å². The number of nitrogens with one attached hydrogen (secondary N) is 1. The first kappa shape index (κ1) is 21.8. The lowest BCUT2D eigenvalue weighted by Gasteiger charge is -2.29. The highest BCUT2D eigenvalue weighted by atomic mass is 79.9. The second-order valence-corrected chi connectivity index (χ2v) is 9.26. The molecule has 31 heavy (non-hydrogen) atoms. The van der Waals surface area contributed by atoms with Crippen molar-refractivity contribution in [1.29, 1.82) is 0 Å². The zero-order chi connectivity index (χ0) is 21.8. The zero-order valence-electron chi connectivity index (χ0n) is 17.8. The van der Waals surface area contributed by atoms with E-state index in [0.29, 0.717) is 31.3 Å². The topological polar surface area (TPSA) is 59.2 Å². The maximum absolute atomic E-state index is 12.4. The third kappa shape index (κ3) is 5.09. The Hall–Kier alpha value is -2.40. The van der Waals surface area contributed by atoms with E-state index in [4.69, 9.17) is 4.74 Å². The number of benzene rings is 2. The molecular weight excluding hydrogens is 454 g/mol. The summed E-state index contributed by atoms with van der Waals surface area (Å²) < 4.78 is 6.50. The van der Waals surface area contributed by atoms with Crippen molar-refractivity contribution in [2.24, 2.45) is 5.92 Å². The molecule has 4 nitrogen and oxygen atoms in total. The minimum atomic E-state index is -0.116. The molecule has 2 aromatic carbocycles. The Kier molecular flexibility index (Phi) is 6.91. The fourth-order valence-corrected chi connectivity index (χ4v) is 5.49. The SMILES string of the molecule is CCC(=O)c1ccc2c(C3CCCC(CC(=O)OCc4ccccc4)C3)c(Br)[nH]c2c1. The third-order valence-electron chi connectivity index (χ3n) is 6.32. The standard InChI is InChI=1S/C26H28BrNO3/c1-2-23(29)19-11-12-21-22(15-19)28-26(27)25(21)20-10-6-9-18(13-20)14-24(30)31-16-17-7-4-3-5-8-17/h3-5,7-8,11-12,15,18,20,28H,2,6,9-10,13-14,16H2,1H3. The van der Waals surface area contributed by atoms with Gasteiger partial charge < -0.3 is 9.72 Å². The monoisotopic (exact) mass is 481 g/mol. The van der Waals surface area contributed by atoms with E-state index in [1.807, 2.05) is 49.4 Å². The van der Waals surface area contributed by atoms with Crippen LogP contribution < -0.4 is 0 Å². The number of fused-ring (bicyclic) bond motifs is 1. The summed E-state index contributed by atoms with van der Waals surface area (Å²) in [4.78, 5) is 27.9. The first-order valence-corrected chi connectivity index (χ1v) is 11.9. The van der Waals surface area contributed by atoms with Crippen LogP contribution in [0.5, 0.6) is 0 Å². The molecule has 0 aliphatic heterocycles. The number of aromatic nitrogens is 1. The normalized spacial score (nSPS) is 18.8. The summed E-state index contributed by atoms with van der Waals surface area (Å²) in [5.74, 6) is 0.757. The van der Waals surface area contributed by atoms with Gasteiger partial charge in [-0.1, -0.05) is 55.8 Å². The maximum Gasteiger partial charge on any atom is 0.306 e. The Labute approximate surface area is 191 Å². The molecule has 0 radical (unpaired) electrons. The summed E-state index contributed by atoms with van der Waals surface area (Å²) in [5, 5.41) is 1.16. The number of halogens is 1. The zero-order valence-corrected chi connectivity index (χ0v) is 19.4. The van der Waals surface area contributed by atoms with Gasteiger partial charge in [0, 0.05) is 29.3 Å². The van der Waals surface area contributed by atoms with Crippen molar-refractivity contribution in [3.63, 3.8) is 0 Å². The second-order valence-electron chi connectivity index (χ2n) is 8.47. The number of ketones is 1. The van der Waals surface area contributed by atoms with Gasteiger partial charge in [-0.05, 0) is 64.2 Å². The van der Waals surface area contributed by atoms with Crippen molar-refractivity contribution in [1.82, 2.24) is 4.98 Å². The Balaban J connectivity index is 1.43. The van der Waals surface area contributed by atoms with E-state index < -0.39 is 0 Å². The van der Waals surface area contributed by atoms with E-state index in [1.165, 1.54) is 5.56 Å². The number of ether oxygens (including phenoxy) is 1. The molecule has 4 rings (SSSR count). The molecular formula is C26H28BrNO3. The minimum Gasteiger partial charge on any atom is -0.461 e. The van der Waals surface area contributed by atoms with Gasteiger partial charge in [0.2, 0.25) is 0 Å². The van der Waals surface area contributed by atoms with E-state index in [1.54, 1.807) is 0 Å². The summed E-state index contributed by atoms with van der Waals surface area (Å²) in [6, 6.07) is 15.8. The summed E-state index contributed by atoms with van der Waals surface area (Å²) in [6.07, 6.45) is 5.22. The second kappa shape index (κ2) is 9.82. The molecule has 2 unspecified atom stereocenters. The quantitative estimate of drug-likeness (QED) is 0.293. The predicted octanol–water partition coefficient (Wildman–Crippen LogP) is 6.93. The first-order chi connectivity index (χ1) is 15.0. The van der Waals surface area contributed by atoms with Crippen LogP contribution in [-0.2, 0) is 16.1 Å². The van der Waals surface area contributed by atoms with Crippen molar-refractivity contribution in [3.05, 3.63) is 69.8 Å². The van der Waals surface area contributed by atoms with Gasteiger partial charge in [0.25, 0.3) is 0 Å². The maximum atomic E-state index is 12.4. The van der Waals surface area contributed by atoms with Gasteiger partial charge in [-0.3, -0.25) is 9.59 Å². The number of carbonyl (C=O) groups excluding carboxylic acids is 2. The third-order valence-corrected chi connectivity index (χ3v) is 6.95. The molecule has 1 heterocycles. The van der Waals surface area contributed by atoms with Crippen LogP contribution in [0.25, 0.3) is 10.9 Å². The Morgan fingerprint density at radius 2 is 1.94 bits per heavy atom. The molecule has 1 N–H and O–H groups in total. The van der Waals surface area contributed by atoms with Crippen molar-refractivity contribution in [2.45, 2.75) is 58.0 Å². The van der Waals surface area contributed by atoms with Crippen LogP contribution in [0.3, 0.4) is 0 Å². The Bertz CT molecular complexity index is 1070. The number of hydrogen-bond acceptors (Lipinski definition) is 3. The van der Waals surface area contributed by atoms with E-state index in [2.05, 4.69) is 27.0 Å². The van der Waals surface area contributed by atoms with Gasteiger partial charge in [0.1, 0.15) is 6.61 Å². The van der Waals surface area contributed by atoms with Crippen molar-refractivity contribution in [3.8, 4) is 0 Å². The highest BCUT2D eigenvalue weighted by Gasteiger charge is 2.29. The molecule has 0 amide bonds. The molecule has 0 spiro atoms. The van der Waals surface area contributed by atoms with Gasteiger partial charge in [0.05, 0.1) is 4.60 Å². The van der Waals surface area contributed by atoms with Crippen LogP contribution in [0.1, 0.15) is 72.9 Å². The molecule has 0 bridgehead atoms. The molecule has 1 aromatic heterocycles. The minimum absolute atomic E-state index is 0.116. The van der Waals surface area contributed by atoms with Crippen molar-refractivity contribution in [2.75, 3.05) is 0 Å². The largest absolute Gasteiger partial charge is 0.461 e. The Morgan fingerprint density at radius 1 is 1.13 bits per heavy atom. The summed E-state index contributed by atoms with van der Waals surface area (Å²) in [5.41, 5.74) is 4.03. The number of rotatable bonds is 7. The number of esters is 1. The van der Waals surface area contributed by atoms with Gasteiger partial charge in [0.15, 0.2) is 5.78 Å². The Morgan fingerprint density at radius 3 is 2.71 bits per heavy atom. The number of carbonyl (C=O) groups is 2. The molecule has 1 aliphatic carbocycles. The fourth-order valence-electron chi connectivity index (χ4n) is 4.73. The van der Waals surface area contributed by atoms with Crippen LogP contribution in [0.4, 0.5) is 0 Å². The van der Waals surface area contributed by atoms with Crippen LogP contribution in [0.15, 0.2) is 53.1 Å². The lowest BCUT2D eigenvalue weighted by Crippen LogP contribution is -2.19. The predicted molar refractivity (Wildman–Crippen MR) is 126 cm³/mol. The van der Waals surface area contributed by atoms with Crippen LogP contribution in [0.2, 0.25) is 0 Å².